The van der Waals surface area contributed by atoms with Gasteiger partial charge in [-0.15, -0.1) is 0 Å². The number of carbonyl (C=O) groups is 2. The van der Waals surface area contributed by atoms with Crippen LogP contribution in [0.4, 0.5) is 0 Å². The van der Waals surface area contributed by atoms with Gasteiger partial charge in [0, 0.05) is 19.4 Å². The van der Waals surface area contributed by atoms with Gasteiger partial charge in [0.25, 0.3) is 0 Å². The topological polar surface area (TPSA) is 61.8 Å². The fraction of sp³-hybridized carbons (Fsp3) is 0.925. The van der Waals surface area contributed by atoms with E-state index < -0.39 is 6.10 Å². The van der Waals surface area contributed by atoms with Crippen LogP contribution < -0.4 is 0 Å². The minimum Gasteiger partial charge on any atom is -0.462 e. The maximum absolute atomic E-state index is 12.7. The number of allylic oxidation sites excluding steroid dienone is 2. The van der Waals surface area contributed by atoms with Crippen LogP contribution in [0.1, 0.15) is 290 Å². The summed E-state index contributed by atoms with van der Waals surface area (Å²) in [5.41, 5.74) is 0. The Bertz CT molecular complexity index is 840. The van der Waals surface area contributed by atoms with E-state index in [0.717, 1.165) is 38.5 Å². The van der Waals surface area contributed by atoms with Crippen molar-refractivity contribution in [2.45, 2.75) is 297 Å². The molecule has 344 valence electrons. The summed E-state index contributed by atoms with van der Waals surface area (Å²) in [6, 6.07) is 0. The van der Waals surface area contributed by atoms with E-state index in [1.165, 1.54) is 218 Å². The standard InChI is InChI=1S/C53H102O5/c1-4-7-10-13-16-19-21-23-25-27-28-30-32-35-37-40-43-46-52(54)57-50-51(58-53(55)47-44-41-38-34-18-15-12-9-6-3)49-56-48-45-42-39-36-33-31-29-26-24-22-20-17-14-11-8-5-2/h24,26,51H,4-23,25,27-50H2,1-3H3/b26-24-. The fourth-order valence-corrected chi connectivity index (χ4v) is 7.86. The predicted octanol–water partition coefficient (Wildman–Crippen LogP) is 17.5. The Morgan fingerprint density at radius 3 is 1.05 bits per heavy atom. The van der Waals surface area contributed by atoms with Crippen LogP contribution in [0.2, 0.25) is 0 Å². The molecule has 1 unspecified atom stereocenters. The molecule has 0 aromatic heterocycles. The lowest BCUT2D eigenvalue weighted by Crippen LogP contribution is -2.30. The van der Waals surface area contributed by atoms with Gasteiger partial charge in [-0.3, -0.25) is 9.59 Å². The molecule has 0 spiro atoms. The van der Waals surface area contributed by atoms with Crippen molar-refractivity contribution >= 4 is 11.9 Å². The van der Waals surface area contributed by atoms with Crippen LogP contribution in [0, 0.1) is 0 Å². The van der Waals surface area contributed by atoms with E-state index in [-0.39, 0.29) is 18.5 Å². The van der Waals surface area contributed by atoms with E-state index in [0.29, 0.717) is 26.1 Å². The van der Waals surface area contributed by atoms with E-state index in [4.69, 9.17) is 14.2 Å². The molecule has 0 heterocycles. The Kier molecular flexibility index (Phi) is 48.8. The maximum atomic E-state index is 12.7. The maximum Gasteiger partial charge on any atom is 0.306 e. The molecule has 0 aliphatic rings. The zero-order valence-corrected chi connectivity index (χ0v) is 39.6. The first kappa shape index (κ1) is 56.6. The van der Waals surface area contributed by atoms with Crippen LogP contribution in [0.5, 0.6) is 0 Å². The first-order chi connectivity index (χ1) is 28.6. The highest BCUT2D eigenvalue weighted by Gasteiger charge is 2.17. The highest BCUT2D eigenvalue weighted by atomic mass is 16.6. The molecule has 0 bridgehead atoms. The summed E-state index contributed by atoms with van der Waals surface area (Å²) >= 11 is 0. The summed E-state index contributed by atoms with van der Waals surface area (Å²) in [7, 11) is 0. The molecule has 0 aromatic rings. The van der Waals surface area contributed by atoms with Crippen molar-refractivity contribution in [2.75, 3.05) is 19.8 Å². The Balaban J connectivity index is 4.13. The van der Waals surface area contributed by atoms with Crippen molar-refractivity contribution in [3.05, 3.63) is 12.2 Å². The third-order valence-electron chi connectivity index (χ3n) is 11.8. The molecule has 0 saturated heterocycles. The summed E-state index contributed by atoms with van der Waals surface area (Å²) < 4.78 is 17.4. The average molecular weight is 819 g/mol. The minimum atomic E-state index is -0.528. The van der Waals surface area contributed by atoms with E-state index in [1.807, 2.05) is 0 Å². The first-order valence-corrected chi connectivity index (χ1v) is 26.2. The summed E-state index contributed by atoms with van der Waals surface area (Å²) in [4.78, 5) is 25.3. The van der Waals surface area contributed by atoms with E-state index >= 15 is 0 Å². The molecule has 0 amide bonds. The molecule has 0 saturated carbocycles. The second kappa shape index (κ2) is 50.0. The summed E-state index contributed by atoms with van der Waals surface area (Å²) in [5, 5.41) is 0. The van der Waals surface area contributed by atoms with Crippen molar-refractivity contribution in [1.29, 1.82) is 0 Å². The van der Waals surface area contributed by atoms with Crippen molar-refractivity contribution < 1.29 is 23.8 Å². The van der Waals surface area contributed by atoms with Gasteiger partial charge in [-0.25, -0.2) is 0 Å². The smallest absolute Gasteiger partial charge is 0.306 e. The lowest BCUT2D eigenvalue weighted by molar-refractivity contribution is -0.163. The molecule has 0 aliphatic heterocycles. The molecule has 0 N–H and O–H groups in total. The summed E-state index contributed by atoms with van der Waals surface area (Å²) in [5.74, 6) is -0.382. The van der Waals surface area contributed by atoms with E-state index in [2.05, 4.69) is 32.9 Å². The molecular weight excluding hydrogens is 717 g/mol. The molecule has 5 heteroatoms. The van der Waals surface area contributed by atoms with Crippen LogP contribution in [-0.2, 0) is 23.8 Å². The summed E-state index contributed by atoms with van der Waals surface area (Å²) in [6.07, 6.45) is 56.5. The van der Waals surface area contributed by atoms with Gasteiger partial charge in [0.05, 0.1) is 6.61 Å². The van der Waals surface area contributed by atoms with Gasteiger partial charge >= 0.3 is 11.9 Å². The lowest BCUT2D eigenvalue weighted by atomic mass is 10.0. The van der Waals surface area contributed by atoms with Crippen molar-refractivity contribution in [2.24, 2.45) is 0 Å². The number of unbranched alkanes of at least 4 members (excludes halogenated alkanes) is 36. The quantitative estimate of drug-likeness (QED) is 0.0348. The van der Waals surface area contributed by atoms with E-state index in [1.54, 1.807) is 0 Å². The molecule has 0 rings (SSSR count). The molecule has 58 heavy (non-hydrogen) atoms. The molecule has 0 aromatic carbocycles. The van der Waals surface area contributed by atoms with Gasteiger partial charge in [0.15, 0.2) is 6.10 Å². The number of ether oxygens (including phenoxy) is 3. The largest absolute Gasteiger partial charge is 0.462 e. The van der Waals surface area contributed by atoms with Gasteiger partial charge in [0.1, 0.15) is 6.61 Å². The van der Waals surface area contributed by atoms with Crippen LogP contribution in [0.3, 0.4) is 0 Å². The van der Waals surface area contributed by atoms with Crippen molar-refractivity contribution in [3.63, 3.8) is 0 Å². The highest BCUT2D eigenvalue weighted by Crippen LogP contribution is 2.16. The highest BCUT2D eigenvalue weighted by molar-refractivity contribution is 5.70. The Labute approximate surface area is 363 Å². The van der Waals surface area contributed by atoms with Crippen LogP contribution in [-0.4, -0.2) is 37.9 Å². The number of hydrogen-bond acceptors (Lipinski definition) is 5. The van der Waals surface area contributed by atoms with Gasteiger partial charge < -0.3 is 14.2 Å². The molecule has 5 nitrogen and oxygen atoms in total. The Morgan fingerprint density at radius 1 is 0.362 bits per heavy atom. The number of hydrogen-bond donors (Lipinski definition) is 0. The average Bonchev–Trinajstić information content (AvgIpc) is 3.22. The van der Waals surface area contributed by atoms with Crippen LogP contribution in [0.25, 0.3) is 0 Å². The van der Waals surface area contributed by atoms with Gasteiger partial charge in [-0.1, -0.05) is 245 Å². The third-order valence-corrected chi connectivity index (χ3v) is 11.8. The summed E-state index contributed by atoms with van der Waals surface area (Å²) in [6.45, 7) is 7.86. The minimum absolute atomic E-state index is 0.0920. The van der Waals surface area contributed by atoms with Gasteiger partial charge in [0.2, 0.25) is 0 Å². The molecule has 0 fully saturated rings. The normalized spacial score (nSPS) is 12.1. The van der Waals surface area contributed by atoms with Gasteiger partial charge in [-0.05, 0) is 44.9 Å². The van der Waals surface area contributed by atoms with E-state index in [9.17, 15) is 9.59 Å². The van der Waals surface area contributed by atoms with Crippen LogP contribution in [0.15, 0.2) is 12.2 Å². The molecule has 1 atom stereocenters. The second-order valence-corrected chi connectivity index (χ2v) is 17.8. The fourth-order valence-electron chi connectivity index (χ4n) is 7.86. The third kappa shape index (κ3) is 47.3. The SMILES string of the molecule is CCCCCCCC/C=C\CCCCCCCCOCC(COC(=O)CCCCCCCCCCCCCCCCCCC)OC(=O)CCCCCCCCCCC. The van der Waals surface area contributed by atoms with Crippen molar-refractivity contribution in [3.8, 4) is 0 Å². The van der Waals surface area contributed by atoms with Crippen LogP contribution >= 0.6 is 0 Å². The number of rotatable bonds is 49. The zero-order chi connectivity index (χ0) is 42.1. The number of esters is 2. The van der Waals surface area contributed by atoms with Crippen molar-refractivity contribution in [1.82, 2.24) is 0 Å². The Hall–Kier alpha value is -1.36. The van der Waals surface area contributed by atoms with Gasteiger partial charge in [-0.2, -0.15) is 0 Å². The second-order valence-electron chi connectivity index (χ2n) is 17.8. The molecule has 0 aliphatic carbocycles. The molecular formula is C53H102O5. The predicted molar refractivity (Wildman–Crippen MR) is 252 cm³/mol. The molecule has 0 radical (unpaired) electrons. The Morgan fingerprint density at radius 2 is 0.672 bits per heavy atom. The number of carbonyl (C=O) groups excluding carboxylic acids is 2. The zero-order valence-electron chi connectivity index (χ0n) is 39.6. The monoisotopic (exact) mass is 819 g/mol. The first-order valence-electron chi connectivity index (χ1n) is 26.2. The lowest BCUT2D eigenvalue weighted by Gasteiger charge is -2.18.